The summed E-state index contributed by atoms with van der Waals surface area (Å²) in [6, 6.07) is 6.65. The Bertz CT molecular complexity index is 549. The van der Waals surface area contributed by atoms with Crippen molar-refractivity contribution >= 4 is 23.5 Å². The van der Waals surface area contributed by atoms with Crippen molar-refractivity contribution in [1.29, 1.82) is 0 Å². The molecule has 114 valence electrons. The standard InChI is InChI=1S/C15H18ClNO4/c1-14(2,21-11-6-4-10(16)5-7-11)12(18)17-15(13(19)20)8-3-9-15/h4-7H,3,8-9H2,1-2H3,(H,17,18)(H,19,20). The quantitative estimate of drug-likeness (QED) is 0.876. The van der Waals surface area contributed by atoms with Crippen LogP contribution in [0.4, 0.5) is 0 Å². The Balaban J connectivity index is 2.06. The van der Waals surface area contributed by atoms with Crippen LogP contribution in [0.5, 0.6) is 5.75 Å². The smallest absolute Gasteiger partial charge is 0.329 e. The fourth-order valence-electron chi connectivity index (χ4n) is 2.13. The molecule has 0 saturated heterocycles. The maximum Gasteiger partial charge on any atom is 0.329 e. The zero-order valence-corrected chi connectivity index (χ0v) is 12.7. The number of amides is 1. The van der Waals surface area contributed by atoms with Crippen molar-refractivity contribution in [1.82, 2.24) is 5.32 Å². The van der Waals surface area contributed by atoms with Crippen molar-refractivity contribution in [3.05, 3.63) is 29.3 Å². The Morgan fingerprint density at radius 2 is 1.86 bits per heavy atom. The van der Waals surface area contributed by atoms with Crippen LogP contribution >= 0.6 is 11.6 Å². The lowest BCUT2D eigenvalue weighted by Crippen LogP contribution is -2.63. The van der Waals surface area contributed by atoms with Gasteiger partial charge in [-0.2, -0.15) is 0 Å². The van der Waals surface area contributed by atoms with Gasteiger partial charge in [0, 0.05) is 5.02 Å². The molecule has 1 aliphatic carbocycles. The number of benzene rings is 1. The lowest BCUT2D eigenvalue weighted by Gasteiger charge is -2.40. The van der Waals surface area contributed by atoms with Crippen LogP contribution in [0, 0.1) is 0 Å². The molecular weight excluding hydrogens is 294 g/mol. The Hall–Kier alpha value is -1.75. The molecule has 0 aromatic heterocycles. The van der Waals surface area contributed by atoms with E-state index in [4.69, 9.17) is 16.3 Å². The molecule has 2 rings (SSSR count). The van der Waals surface area contributed by atoms with E-state index in [1.807, 2.05) is 0 Å². The number of aliphatic carboxylic acids is 1. The predicted octanol–water partition coefficient (Wildman–Crippen LogP) is 2.62. The first kappa shape index (κ1) is 15.6. The van der Waals surface area contributed by atoms with Gasteiger partial charge in [0.1, 0.15) is 11.3 Å². The molecule has 1 fully saturated rings. The van der Waals surface area contributed by atoms with Gasteiger partial charge < -0.3 is 15.2 Å². The third-order valence-electron chi connectivity index (χ3n) is 3.70. The summed E-state index contributed by atoms with van der Waals surface area (Å²) in [5, 5.41) is 12.4. The SMILES string of the molecule is CC(C)(Oc1ccc(Cl)cc1)C(=O)NC1(C(=O)O)CCC1. The Labute approximate surface area is 128 Å². The molecule has 1 aromatic carbocycles. The van der Waals surface area contributed by atoms with Crippen molar-refractivity contribution in [3.8, 4) is 5.75 Å². The molecule has 0 atom stereocenters. The second kappa shape index (κ2) is 5.56. The monoisotopic (exact) mass is 311 g/mol. The number of carbonyl (C=O) groups is 2. The second-order valence-corrected chi connectivity index (χ2v) is 6.20. The highest BCUT2D eigenvalue weighted by atomic mass is 35.5. The molecule has 5 nitrogen and oxygen atoms in total. The second-order valence-electron chi connectivity index (χ2n) is 5.76. The first-order chi connectivity index (χ1) is 9.75. The van der Waals surface area contributed by atoms with Crippen LogP contribution in [0.15, 0.2) is 24.3 Å². The van der Waals surface area contributed by atoms with Crippen LogP contribution in [0.3, 0.4) is 0 Å². The van der Waals surface area contributed by atoms with Gasteiger partial charge in [0.25, 0.3) is 5.91 Å². The molecule has 2 N–H and O–H groups in total. The van der Waals surface area contributed by atoms with Crippen molar-refractivity contribution in [2.24, 2.45) is 0 Å². The van der Waals surface area contributed by atoms with Crippen LogP contribution in [0.1, 0.15) is 33.1 Å². The molecule has 0 spiro atoms. The summed E-state index contributed by atoms with van der Waals surface area (Å²) in [7, 11) is 0. The van der Waals surface area contributed by atoms with Gasteiger partial charge >= 0.3 is 5.97 Å². The molecule has 0 bridgehead atoms. The normalized spacial score (nSPS) is 16.7. The maximum absolute atomic E-state index is 12.3. The molecular formula is C15H18ClNO4. The van der Waals surface area contributed by atoms with Gasteiger partial charge in [-0.25, -0.2) is 4.79 Å². The zero-order chi connectivity index (χ0) is 15.7. The van der Waals surface area contributed by atoms with E-state index < -0.39 is 23.0 Å². The molecule has 0 unspecified atom stereocenters. The van der Waals surface area contributed by atoms with Crippen molar-refractivity contribution in [2.45, 2.75) is 44.2 Å². The fraction of sp³-hybridized carbons (Fsp3) is 0.467. The average molecular weight is 312 g/mol. The van der Waals surface area contributed by atoms with Gasteiger partial charge in [-0.1, -0.05) is 11.6 Å². The molecule has 1 aliphatic rings. The van der Waals surface area contributed by atoms with Crippen LogP contribution in [0.25, 0.3) is 0 Å². The Morgan fingerprint density at radius 1 is 1.29 bits per heavy atom. The van der Waals surface area contributed by atoms with Gasteiger partial charge in [-0.3, -0.25) is 4.79 Å². The lowest BCUT2D eigenvalue weighted by molar-refractivity contribution is -0.154. The van der Waals surface area contributed by atoms with E-state index in [1.165, 1.54) is 0 Å². The highest BCUT2D eigenvalue weighted by Crippen LogP contribution is 2.33. The topological polar surface area (TPSA) is 75.6 Å². The molecule has 0 radical (unpaired) electrons. The molecule has 0 aliphatic heterocycles. The number of hydrogen-bond acceptors (Lipinski definition) is 3. The number of nitrogens with one attached hydrogen (secondary N) is 1. The highest BCUT2D eigenvalue weighted by Gasteiger charge is 2.48. The minimum atomic E-state index is -1.17. The first-order valence-corrected chi connectivity index (χ1v) is 7.14. The molecule has 21 heavy (non-hydrogen) atoms. The van der Waals surface area contributed by atoms with Gasteiger partial charge in [0.15, 0.2) is 5.60 Å². The molecule has 1 amide bonds. The molecule has 6 heteroatoms. The average Bonchev–Trinajstić information content (AvgIpc) is 2.35. The van der Waals surface area contributed by atoms with Crippen LogP contribution in [-0.4, -0.2) is 28.1 Å². The number of halogens is 1. The van der Waals surface area contributed by atoms with Crippen molar-refractivity contribution < 1.29 is 19.4 Å². The highest BCUT2D eigenvalue weighted by molar-refractivity contribution is 6.30. The Kier molecular flexibility index (Phi) is 4.14. The number of carbonyl (C=O) groups excluding carboxylic acids is 1. The van der Waals surface area contributed by atoms with E-state index >= 15 is 0 Å². The summed E-state index contributed by atoms with van der Waals surface area (Å²) >= 11 is 5.79. The first-order valence-electron chi connectivity index (χ1n) is 6.76. The van der Waals surface area contributed by atoms with Gasteiger partial charge in [0.05, 0.1) is 0 Å². The number of carboxylic acid groups (broad SMARTS) is 1. The predicted molar refractivity (Wildman–Crippen MR) is 78.5 cm³/mol. The van der Waals surface area contributed by atoms with Crippen LogP contribution < -0.4 is 10.1 Å². The van der Waals surface area contributed by atoms with Crippen molar-refractivity contribution in [2.75, 3.05) is 0 Å². The van der Waals surface area contributed by atoms with E-state index in [9.17, 15) is 14.7 Å². The van der Waals surface area contributed by atoms with Crippen molar-refractivity contribution in [3.63, 3.8) is 0 Å². The number of rotatable bonds is 5. The van der Waals surface area contributed by atoms with Gasteiger partial charge in [-0.05, 0) is 57.4 Å². The third-order valence-corrected chi connectivity index (χ3v) is 3.95. The minimum Gasteiger partial charge on any atom is -0.480 e. The van der Waals surface area contributed by atoms with E-state index in [0.29, 0.717) is 23.6 Å². The number of carboxylic acids is 1. The van der Waals surface area contributed by atoms with E-state index in [0.717, 1.165) is 6.42 Å². The maximum atomic E-state index is 12.3. The summed E-state index contributed by atoms with van der Waals surface area (Å²) in [5.74, 6) is -0.943. The summed E-state index contributed by atoms with van der Waals surface area (Å²) < 4.78 is 5.65. The van der Waals surface area contributed by atoms with Crippen LogP contribution in [0.2, 0.25) is 5.02 Å². The van der Waals surface area contributed by atoms with E-state index in [-0.39, 0.29) is 0 Å². The molecule has 1 saturated carbocycles. The number of hydrogen-bond donors (Lipinski definition) is 2. The minimum absolute atomic E-state index is 0.445. The summed E-state index contributed by atoms with van der Waals surface area (Å²) in [5.41, 5.74) is -2.32. The third kappa shape index (κ3) is 3.29. The fourth-order valence-corrected chi connectivity index (χ4v) is 2.26. The summed E-state index contributed by atoms with van der Waals surface area (Å²) in [4.78, 5) is 23.6. The largest absolute Gasteiger partial charge is 0.480 e. The van der Waals surface area contributed by atoms with Gasteiger partial charge in [0.2, 0.25) is 0 Å². The summed E-state index contributed by atoms with van der Waals surface area (Å²) in [6.07, 6.45) is 1.70. The van der Waals surface area contributed by atoms with E-state index in [2.05, 4.69) is 5.32 Å². The molecule has 0 heterocycles. The zero-order valence-electron chi connectivity index (χ0n) is 12.0. The van der Waals surface area contributed by atoms with Crippen LogP contribution in [-0.2, 0) is 9.59 Å². The van der Waals surface area contributed by atoms with E-state index in [1.54, 1.807) is 38.1 Å². The molecule has 1 aromatic rings. The number of ether oxygens (including phenoxy) is 1. The Morgan fingerprint density at radius 3 is 2.29 bits per heavy atom. The summed E-state index contributed by atoms with van der Waals surface area (Å²) in [6.45, 7) is 3.20. The van der Waals surface area contributed by atoms with Gasteiger partial charge in [-0.15, -0.1) is 0 Å². The lowest BCUT2D eigenvalue weighted by atomic mass is 9.76.